The SMILES string of the molecule is I.O=Cc1ccccc1. The topological polar surface area (TPSA) is 17.1 Å². The van der Waals surface area contributed by atoms with Gasteiger partial charge in [-0.1, -0.05) is 30.3 Å². The molecule has 0 atom stereocenters. The van der Waals surface area contributed by atoms with Gasteiger partial charge in [0.1, 0.15) is 6.29 Å². The smallest absolute Gasteiger partial charge is 0.150 e. The monoisotopic (exact) mass is 234 g/mol. The second-order valence-corrected chi connectivity index (χ2v) is 1.53. The summed E-state index contributed by atoms with van der Waals surface area (Å²) in [4.78, 5) is 10.0. The highest BCUT2D eigenvalue weighted by Gasteiger charge is 1.79. The summed E-state index contributed by atoms with van der Waals surface area (Å²) in [6.45, 7) is 0. The first-order chi connectivity index (χ1) is 3.93. The molecule has 0 aromatic heterocycles. The fourth-order valence-electron chi connectivity index (χ4n) is 0.532. The summed E-state index contributed by atoms with van der Waals surface area (Å²) in [6, 6.07) is 9.10. The molecule has 9 heavy (non-hydrogen) atoms. The zero-order chi connectivity index (χ0) is 5.82. The average molecular weight is 234 g/mol. The number of halogens is 1. The minimum atomic E-state index is 0. The molecule has 0 aliphatic heterocycles. The van der Waals surface area contributed by atoms with E-state index in [4.69, 9.17) is 0 Å². The lowest BCUT2D eigenvalue weighted by Gasteiger charge is -1.81. The van der Waals surface area contributed by atoms with Crippen LogP contribution in [0.15, 0.2) is 30.3 Å². The van der Waals surface area contributed by atoms with E-state index in [0.29, 0.717) is 0 Å². The molecule has 0 unspecified atom stereocenters. The van der Waals surface area contributed by atoms with Crippen molar-refractivity contribution in [2.75, 3.05) is 0 Å². The third kappa shape index (κ3) is 2.60. The van der Waals surface area contributed by atoms with E-state index in [1.54, 1.807) is 12.1 Å². The summed E-state index contributed by atoms with van der Waals surface area (Å²) >= 11 is 0. The Kier molecular flexibility index (Phi) is 4.30. The Morgan fingerprint density at radius 2 is 1.67 bits per heavy atom. The number of hydrogen-bond acceptors (Lipinski definition) is 1. The lowest BCUT2D eigenvalue weighted by Crippen LogP contribution is -1.73. The fourth-order valence-corrected chi connectivity index (χ4v) is 0.532. The van der Waals surface area contributed by atoms with Gasteiger partial charge in [-0.2, -0.15) is 0 Å². The highest BCUT2D eigenvalue weighted by atomic mass is 127. The van der Waals surface area contributed by atoms with Crippen molar-refractivity contribution in [2.45, 2.75) is 0 Å². The van der Waals surface area contributed by atoms with Gasteiger partial charge in [0.25, 0.3) is 0 Å². The summed E-state index contributed by atoms with van der Waals surface area (Å²) in [7, 11) is 0. The molecule has 1 nitrogen and oxygen atoms in total. The van der Waals surface area contributed by atoms with E-state index in [1.807, 2.05) is 18.2 Å². The molecule has 0 aliphatic rings. The highest BCUT2D eigenvalue weighted by molar-refractivity contribution is 14.0. The molecule has 1 aromatic rings. The summed E-state index contributed by atoms with van der Waals surface area (Å²) in [5, 5.41) is 0. The summed E-state index contributed by atoms with van der Waals surface area (Å²) in [5.41, 5.74) is 0.729. The molecule has 0 amide bonds. The van der Waals surface area contributed by atoms with Gasteiger partial charge < -0.3 is 0 Å². The van der Waals surface area contributed by atoms with E-state index < -0.39 is 0 Å². The quantitative estimate of drug-likeness (QED) is 0.537. The van der Waals surface area contributed by atoms with Gasteiger partial charge >= 0.3 is 0 Å². The molecule has 0 radical (unpaired) electrons. The maximum absolute atomic E-state index is 10.0. The van der Waals surface area contributed by atoms with Crippen LogP contribution in [0.3, 0.4) is 0 Å². The van der Waals surface area contributed by atoms with Crippen LogP contribution in [0, 0.1) is 0 Å². The fraction of sp³-hybridized carbons (Fsp3) is 0. The maximum Gasteiger partial charge on any atom is 0.150 e. The third-order valence-corrected chi connectivity index (χ3v) is 0.936. The predicted molar refractivity (Wildman–Crippen MR) is 47.2 cm³/mol. The van der Waals surface area contributed by atoms with Crippen LogP contribution in [-0.2, 0) is 0 Å². The van der Waals surface area contributed by atoms with E-state index in [2.05, 4.69) is 0 Å². The number of rotatable bonds is 1. The Balaban J connectivity index is 0.000000640. The molecule has 0 saturated carbocycles. The van der Waals surface area contributed by atoms with Gasteiger partial charge in [0.2, 0.25) is 0 Å². The largest absolute Gasteiger partial charge is 0.298 e. The minimum Gasteiger partial charge on any atom is -0.298 e. The molecular formula is C7H7IO. The molecule has 0 fully saturated rings. The molecule has 0 heterocycles. The zero-order valence-corrected chi connectivity index (χ0v) is 7.11. The first-order valence-electron chi connectivity index (χ1n) is 2.44. The molecule has 0 saturated heterocycles. The van der Waals surface area contributed by atoms with Gasteiger partial charge in [-0.25, -0.2) is 0 Å². The van der Waals surface area contributed by atoms with Crippen molar-refractivity contribution in [2.24, 2.45) is 0 Å². The normalized spacial score (nSPS) is 7.56. The van der Waals surface area contributed by atoms with Crippen LogP contribution in [0.1, 0.15) is 10.4 Å². The Morgan fingerprint density at radius 1 is 1.11 bits per heavy atom. The molecular weight excluding hydrogens is 227 g/mol. The molecule has 48 valence electrons. The van der Waals surface area contributed by atoms with Gasteiger partial charge in [0.05, 0.1) is 0 Å². The predicted octanol–water partition coefficient (Wildman–Crippen LogP) is 2.12. The van der Waals surface area contributed by atoms with E-state index in [9.17, 15) is 4.79 Å². The lowest BCUT2D eigenvalue weighted by molar-refractivity contribution is 0.112. The molecule has 0 spiro atoms. The first kappa shape index (κ1) is 8.62. The van der Waals surface area contributed by atoms with E-state index in [-0.39, 0.29) is 24.0 Å². The number of benzene rings is 1. The summed E-state index contributed by atoms with van der Waals surface area (Å²) in [5.74, 6) is 0. The van der Waals surface area contributed by atoms with E-state index in [0.717, 1.165) is 11.8 Å². The number of hydrogen-bond donors (Lipinski definition) is 0. The molecule has 2 heteroatoms. The lowest BCUT2D eigenvalue weighted by atomic mass is 10.2. The Labute approximate surface area is 71.1 Å². The number of carbonyl (C=O) groups is 1. The van der Waals surface area contributed by atoms with Gasteiger partial charge in [-0.05, 0) is 0 Å². The van der Waals surface area contributed by atoms with Crippen molar-refractivity contribution in [1.82, 2.24) is 0 Å². The van der Waals surface area contributed by atoms with Crippen molar-refractivity contribution in [3.8, 4) is 0 Å². The van der Waals surface area contributed by atoms with Crippen molar-refractivity contribution in [1.29, 1.82) is 0 Å². The van der Waals surface area contributed by atoms with Crippen molar-refractivity contribution < 1.29 is 4.79 Å². The van der Waals surface area contributed by atoms with Crippen LogP contribution < -0.4 is 0 Å². The average Bonchev–Trinajstić information content (AvgIpc) is 1.90. The third-order valence-electron chi connectivity index (χ3n) is 0.936. The van der Waals surface area contributed by atoms with E-state index >= 15 is 0 Å². The summed E-state index contributed by atoms with van der Waals surface area (Å²) < 4.78 is 0. The van der Waals surface area contributed by atoms with Gasteiger partial charge in [0.15, 0.2) is 0 Å². The van der Waals surface area contributed by atoms with E-state index in [1.165, 1.54) is 0 Å². The van der Waals surface area contributed by atoms with Crippen LogP contribution in [0.2, 0.25) is 0 Å². The van der Waals surface area contributed by atoms with Gasteiger partial charge in [0, 0.05) is 5.56 Å². The highest BCUT2D eigenvalue weighted by Crippen LogP contribution is 1.91. The molecule has 0 N–H and O–H groups in total. The van der Waals surface area contributed by atoms with Gasteiger partial charge in [-0.3, -0.25) is 4.79 Å². The van der Waals surface area contributed by atoms with Crippen LogP contribution in [0.4, 0.5) is 0 Å². The van der Waals surface area contributed by atoms with Gasteiger partial charge in [-0.15, -0.1) is 24.0 Å². The Hall–Kier alpha value is -0.380. The second-order valence-electron chi connectivity index (χ2n) is 1.53. The van der Waals surface area contributed by atoms with Crippen LogP contribution in [0.5, 0.6) is 0 Å². The maximum atomic E-state index is 10.0. The molecule has 0 bridgehead atoms. The Bertz CT molecular complexity index is 172. The van der Waals surface area contributed by atoms with Crippen LogP contribution in [0.25, 0.3) is 0 Å². The van der Waals surface area contributed by atoms with Crippen molar-refractivity contribution in [3.05, 3.63) is 35.9 Å². The molecule has 1 rings (SSSR count). The van der Waals surface area contributed by atoms with Crippen molar-refractivity contribution >= 4 is 30.3 Å². The standard InChI is InChI=1S/C7H6O.HI/c8-6-7-4-2-1-3-5-7;/h1-6H;1H. The van der Waals surface area contributed by atoms with Crippen LogP contribution >= 0.6 is 24.0 Å². The summed E-state index contributed by atoms with van der Waals surface area (Å²) in [6.07, 6.45) is 0.833. The molecule has 1 aromatic carbocycles. The van der Waals surface area contributed by atoms with Crippen molar-refractivity contribution in [3.63, 3.8) is 0 Å². The number of carbonyl (C=O) groups excluding carboxylic acids is 1. The molecule has 0 aliphatic carbocycles. The van der Waals surface area contributed by atoms with Crippen LogP contribution in [-0.4, -0.2) is 6.29 Å². The Morgan fingerprint density at radius 3 is 2.00 bits per heavy atom. The first-order valence-corrected chi connectivity index (χ1v) is 2.44. The zero-order valence-electron chi connectivity index (χ0n) is 4.78. The minimum absolute atomic E-state index is 0. The second kappa shape index (κ2) is 4.49. The number of aldehydes is 1.